The molecule has 1 rings (SSSR count). The lowest BCUT2D eigenvalue weighted by Gasteiger charge is -2.39. The topological polar surface area (TPSA) is 26.0 Å². The van der Waals surface area contributed by atoms with E-state index in [1.807, 2.05) is 0 Å². The SMILES string of the molecule is Cc1cc(CCC(C)(N)C(C)(C)C)cc(C(C)(C)C)c1. The van der Waals surface area contributed by atoms with Gasteiger partial charge in [-0.2, -0.15) is 0 Å². The number of rotatable bonds is 3. The zero-order valence-electron chi connectivity index (χ0n) is 14.7. The van der Waals surface area contributed by atoms with Crippen molar-refractivity contribution in [1.82, 2.24) is 0 Å². The average molecular weight is 275 g/mol. The summed E-state index contributed by atoms with van der Waals surface area (Å²) in [4.78, 5) is 0. The van der Waals surface area contributed by atoms with Crippen molar-refractivity contribution in [2.45, 2.75) is 79.2 Å². The van der Waals surface area contributed by atoms with Crippen LogP contribution in [0, 0.1) is 12.3 Å². The fraction of sp³-hybridized carbons (Fsp3) is 0.684. The Hall–Kier alpha value is -0.820. The molecule has 0 saturated carbocycles. The van der Waals surface area contributed by atoms with E-state index in [-0.39, 0.29) is 16.4 Å². The first kappa shape index (κ1) is 17.2. The van der Waals surface area contributed by atoms with Gasteiger partial charge in [0.25, 0.3) is 0 Å². The summed E-state index contributed by atoms with van der Waals surface area (Å²) in [5, 5.41) is 0. The Morgan fingerprint density at radius 3 is 1.90 bits per heavy atom. The Labute approximate surface area is 126 Å². The molecule has 0 aromatic heterocycles. The maximum atomic E-state index is 6.50. The lowest BCUT2D eigenvalue weighted by Crippen LogP contribution is -2.48. The van der Waals surface area contributed by atoms with Crippen molar-refractivity contribution in [3.05, 3.63) is 34.9 Å². The third-order valence-electron chi connectivity index (χ3n) is 4.65. The van der Waals surface area contributed by atoms with Crippen LogP contribution in [0.2, 0.25) is 0 Å². The number of benzene rings is 1. The highest BCUT2D eigenvalue weighted by atomic mass is 14.8. The number of nitrogens with two attached hydrogens (primary N) is 1. The molecular formula is C19H33N. The Morgan fingerprint density at radius 2 is 1.45 bits per heavy atom. The molecular weight excluding hydrogens is 242 g/mol. The van der Waals surface area contributed by atoms with Crippen LogP contribution in [0.3, 0.4) is 0 Å². The van der Waals surface area contributed by atoms with E-state index in [0.29, 0.717) is 0 Å². The van der Waals surface area contributed by atoms with Crippen molar-refractivity contribution in [1.29, 1.82) is 0 Å². The Bertz CT molecular complexity index is 456. The molecule has 0 aliphatic carbocycles. The van der Waals surface area contributed by atoms with Crippen LogP contribution in [0.1, 0.15) is 71.6 Å². The molecule has 0 heterocycles. The molecule has 0 spiro atoms. The maximum absolute atomic E-state index is 6.50. The summed E-state index contributed by atoms with van der Waals surface area (Å²) in [5.74, 6) is 0. The van der Waals surface area contributed by atoms with Crippen molar-refractivity contribution in [2.75, 3.05) is 0 Å². The van der Waals surface area contributed by atoms with E-state index in [1.165, 1.54) is 16.7 Å². The standard InChI is InChI=1S/C19H33N/c1-14-11-15(13-16(12-14)17(2,3)4)9-10-19(8,20)18(5,6)7/h11-13H,9-10,20H2,1-8H3. The lowest BCUT2D eigenvalue weighted by atomic mass is 9.72. The van der Waals surface area contributed by atoms with E-state index >= 15 is 0 Å². The fourth-order valence-electron chi connectivity index (χ4n) is 2.22. The molecule has 1 heteroatoms. The quantitative estimate of drug-likeness (QED) is 0.826. The predicted molar refractivity (Wildman–Crippen MR) is 90.2 cm³/mol. The Balaban J connectivity index is 2.92. The number of hydrogen-bond donors (Lipinski definition) is 1. The summed E-state index contributed by atoms with van der Waals surface area (Å²) in [6, 6.07) is 6.95. The first-order valence-corrected chi connectivity index (χ1v) is 7.73. The molecule has 1 nitrogen and oxygen atoms in total. The van der Waals surface area contributed by atoms with Gasteiger partial charge in [-0.25, -0.2) is 0 Å². The summed E-state index contributed by atoms with van der Waals surface area (Å²) in [5.41, 5.74) is 10.9. The highest BCUT2D eigenvalue weighted by Crippen LogP contribution is 2.32. The zero-order valence-corrected chi connectivity index (χ0v) is 14.7. The van der Waals surface area contributed by atoms with Gasteiger partial charge in [0.2, 0.25) is 0 Å². The molecule has 0 amide bonds. The number of aryl methyl sites for hydroxylation is 2. The summed E-state index contributed by atoms with van der Waals surface area (Å²) >= 11 is 0. The van der Waals surface area contributed by atoms with E-state index in [2.05, 4.69) is 73.6 Å². The van der Waals surface area contributed by atoms with Gasteiger partial charge >= 0.3 is 0 Å². The molecule has 0 aliphatic heterocycles. The minimum absolute atomic E-state index is 0.129. The molecule has 1 unspecified atom stereocenters. The second-order valence-electron chi connectivity index (χ2n) is 8.62. The second kappa shape index (κ2) is 5.52. The minimum Gasteiger partial charge on any atom is -0.325 e. The van der Waals surface area contributed by atoms with Gasteiger partial charge in [0.1, 0.15) is 0 Å². The van der Waals surface area contributed by atoms with Crippen LogP contribution >= 0.6 is 0 Å². The van der Waals surface area contributed by atoms with Crippen LogP contribution in [-0.2, 0) is 11.8 Å². The highest BCUT2D eigenvalue weighted by Gasteiger charge is 2.32. The first-order chi connectivity index (χ1) is 8.83. The average Bonchev–Trinajstić information content (AvgIpc) is 2.23. The molecule has 1 aromatic rings. The molecule has 2 N–H and O–H groups in total. The third kappa shape index (κ3) is 4.34. The smallest absolute Gasteiger partial charge is 0.0177 e. The van der Waals surface area contributed by atoms with Crippen LogP contribution < -0.4 is 5.73 Å². The summed E-state index contributed by atoms with van der Waals surface area (Å²) in [6.07, 6.45) is 2.07. The van der Waals surface area contributed by atoms with Gasteiger partial charge in [-0.15, -0.1) is 0 Å². The lowest BCUT2D eigenvalue weighted by molar-refractivity contribution is 0.195. The van der Waals surface area contributed by atoms with Crippen LogP contribution in [0.15, 0.2) is 18.2 Å². The molecule has 0 bridgehead atoms. The molecule has 0 aliphatic rings. The van der Waals surface area contributed by atoms with E-state index in [1.54, 1.807) is 0 Å². The second-order valence-corrected chi connectivity index (χ2v) is 8.62. The third-order valence-corrected chi connectivity index (χ3v) is 4.65. The van der Waals surface area contributed by atoms with Gasteiger partial charge in [-0.05, 0) is 48.6 Å². The van der Waals surface area contributed by atoms with Gasteiger partial charge < -0.3 is 5.73 Å². The van der Waals surface area contributed by atoms with E-state index in [0.717, 1.165) is 12.8 Å². The van der Waals surface area contributed by atoms with Crippen LogP contribution in [0.4, 0.5) is 0 Å². The molecule has 114 valence electrons. The summed E-state index contributed by atoms with van der Waals surface area (Å²) < 4.78 is 0. The monoisotopic (exact) mass is 275 g/mol. The van der Waals surface area contributed by atoms with Gasteiger partial charge in [0.05, 0.1) is 0 Å². The molecule has 1 aromatic carbocycles. The van der Waals surface area contributed by atoms with Crippen LogP contribution in [0.25, 0.3) is 0 Å². The highest BCUT2D eigenvalue weighted by molar-refractivity contribution is 5.33. The largest absolute Gasteiger partial charge is 0.325 e. The Kier molecular flexibility index (Phi) is 4.76. The first-order valence-electron chi connectivity index (χ1n) is 7.73. The van der Waals surface area contributed by atoms with Crippen molar-refractivity contribution in [3.8, 4) is 0 Å². The van der Waals surface area contributed by atoms with Crippen molar-refractivity contribution in [3.63, 3.8) is 0 Å². The fourth-order valence-corrected chi connectivity index (χ4v) is 2.22. The molecule has 0 radical (unpaired) electrons. The predicted octanol–water partition coefficient (Wildman–Crippen LogP) is 4.99. The van der Waals surface area contributed by atoms with Crippen LogP contribution in [0.5, 0.6) is 0 Å². The van der Waals surface area contributed by atoms with Crippen molar-refractivity contribution < 1.29 is 0 Å². The van der Waals surface area contributed by atoms with Gasteiger partial charge in [0, 0.05) is 5.54 Å². The van der Waals surface area contributed by atoms with Crippen LogP contribution in [-0.4, -0.2) is 5.54 Å². The van der Waals surface area contributed by atoms with Gasteiger partial charge in [0.15, 0.2) is 0 Å². The molecule has 20 heavy (non-hydrogen) atoms. The summed E-state index contributed by atoms with van der Waals surface area (Å²) in [6.45, 7) is 17.9. The Morgan fingerprint density at radius 1 is 0.900 bits per heavy atom. The molecule has 0 fully saturated rings. The molecule has 1 atom stereocenters. The minimum atomic E-state index is -0.140. The van der Waals surface area contributed by atoms with Crippen molar-refractivity contribution in [2.24, 2.45) is 11.1 Å². The van der Waals surface area contributed by atoms with E-state index in [9.17, 15) is 0 Å². The normalized spacial score (nSPS) is 16.1. The summed E-state index contributed by atoms with van der Waals surface area (Å²) in [7, 11) is 0. The van der Waals surface area contributed by atoms with E-state index in [4.69, 9.17) is 5.73 Å². The van der Waals surface area contributed by atoms with Crippen molar-refractivity contribution >= 4 is 0 Å². The molecule has 0 saturated heterocycles. The van der Waals surface area contributed by atoms with Gasteiger partial charge in [-0.3, -0.25) is 0 Å². The van der Waals surface area contributed by atoms with E-state index < -0.39 is 0 Å². The zero-order chi connectivity index (χ0) is 15.8. The maximum Gasteiger partial charge on any atom is 0.0177 e. The van der Waals surface area contributed by atoms with Gasteiger partial charge in [-0.1, -0.05) is 65.3 Å². The number of hydrogen-bond acceptors (Lipinski definition) is 1.